The largest absolute Gasteiger partial charge is 0.322 e. The first-order chi connectivity index (χ1) is 9.49. The van der Waals surface area contributed by atoms with Crippen LogP contribution in [0.3, 0.4) is 0 Å². The lowest BCUT2D eigenvalue weighted by atomic mass is 10.0. The third-order valence-corrected chi connectivity index (χ3v) is 4.50. The van der Waals surface area contributed by atoms with E-state index in [1.165, 1.54) is 11.1 Å². The minimum atomic E-state index is -0.799. The van der Waals surface area contributed by atoms with Crippen LogP contribution in [0.2, 0.25) is 0 Å². The van der Waals surface area contributed by atoms with Crippen LogP contribution >= 0.6 is 0 Å². The highest BCUT2D eigenvalue weighted by molar-refractivity contribution is 7.84. The number of carbonyl (C=O) groups is 1. The number of benzene rings is 1. The molecule has 110 valence electrons. The molecule has 0 bridgehead atoms. The van der Waals surface area contributed by atoms with Gasteiger partial charge in [0.05, 0.1) is 6.54 Å². The summed E-state index contributed by atoms with van der Waals surface area (Å²) in [6.07, 6.45) is 2.43. The third kappa shape index (κ3) is 3.46. The van der Waals surface area contributed by atoms with E-state index in [9.17, 15) is 9.00 Å². The van der Waals surface area contributed by atoms with Crippen molar-refractivity contribution in [3.63, 3.8) is 0 Å². The second-order valence-corrected chi connectivity index (χ2v) is 6.92. The number of hydrogen-bond donors (Lipinski definition) is 1. The molecule has 2 atom stereocenters. The Morgan fingerprint density at radius 1 is 1.40 bits per heavy atom. The molecule has 20 heavy (non-hydrogen) atoms. The molecule has 1 aromatic carbocycles. The average Bonchev–Trinajstić information content (AvgIpc) is 2.74. The van der Waals surface area contributed by atoms with Crippen LogP contribution < -0.4 is 5.32 Å². The van der Waals surface area contributed by atoms with Gasteiger partial charge in [0.2, 0.25) is 5.91 Å². The van der Waals surface area contributed by atoms with Gasteiger partial charge in [0.15, 0.2) is 0 Å². The van der Waals surface area contributed by atoms with Gasteiger partial charge < -0.3 is 4.90 Å². The topological polar surface area (TPSA) is 49.4 Å². The zero-order valence-corrected chi connectivity index (χ0v) is 13.1. The molecule has 2 rings (SSSR count). The van der Waals surface area contributed by atoms with Crippen molar-refractivity contribution in [1.29, 1.82) is 0 Å². The predicted molar refractivity (Wildman–Crippen MR) is 81.9 cm³/mol. The molecule has 1 heterocycles. The lowest BCUT2D eigenvalue weighted by Crippen LogP contribution is -2.32. The van der Waals surface area contributed by atoms with Crippen molar-refractivity contribution in [2.45, 2.75) is 26.4 Å². The third-order valence-electron chi connectivity index (χ3n) is 3.64. The molecule has 5 heteroatoms. The van der Waals surface area contributed by atoms with Crippen LogP contribution in [0.5, 0.6) is 0 Å². The Balaban J connectivity index is 2.14. The fraction of sp³-hybridized carbons (Fsp3) is 0.533. The number of nitrogens with zero attached hydrogens (tertiary/aromatic N) is 1. The smallest absolute Gasteiger partial charge is 0.238 e. The van der Waals surface area contributed by atoms with Crippen LogP contribution in [-0.2, 0) is 15.6 Å². The van der Waals surface area contributed by atoms with Gasteiger partial charge in [-0.25, -0.2) is 0 Å². The lowest BCUT2D eigenvalue weighted by Gasteiger charge is -2.26. The maximum atomic E-state index is 12.0. The van der Waals surface area contributed by atoms with Gasteiger partial charge in [-0.2, -0.15) is 0 Å². The van der Waals surface area contributed by atoms with Crippen LogP contribution in [0.25, 0.3) is 0 Å². The molecule has 1 aliphatic heterocycles. The van der Waals surface area contributed by atoms with Gasteiger partial charge in [0.1, 0.15) is 6.17 Å². The molecule has 1 aromatic rings. The molecular formula is C15H22N2O2S. The zero-order chi connectivity index (χ0) is 14.7. The van der Waals surface area contributed by atoms with Gasteiger partial charge in [0.25, 0.3) is 0 Å². The fourth-order valence-corrected chi connectivity index (χ4v) is 3.10. The minimum absolute atomic E-state index is 0.0484. The Kier molecular flexibility index (Phi) is 4.94. The summed E-state index contributed by atoms with van der Waals surface area (Å²) in [4.78, 5) is 13.9. The molecule has 1 fully saturated rings. The van der Waals surface area contributed by atoms with Crippen LogP contribution in [0.4, 0.5) is 0 Å². The van der Waals surface area contributed by atoms with Gasteiger partial charge >= 0.3 is 0 Å². The monoisotopic (exact) mass is 294 g/mol. The molecule has 1 amide bonds. The van der Waals surface area contributed by atoms with Crippen molar-refractivity contribution >= 4 is 16.7 Å². The molecular weight excluding hydrogens is 272 g/mol. The second kappa shape index (κ2) is 6.50. The summed E-state index contributed by atoms with van der Waals surface area (Å²) < 4.78 is 11.1. The van der Waals surface area contributed by atoms with Crippen LogP contribution in [0, 0.1) is 13.8 Å². The average molecular weight is 294 g/mol. The van der Waals surface area contributed by atoms with Gasteiger partial charge in [0, 0.05) is 29.4 Å². The normalized spacial score (nSPS) is 20.4. The molecule has 0 radical (unpaired) electrons. The van der Waals surface area contributed by atoms with E-state index in [2.05, 4.69) is 37.4 Å². The summed E-state index contributed by atoms with van der Waals surface area (Å²) in [5, 5.41) is 3.28. The van der Waals surface area contributed by atoms with E-state index < -0.39 is 10.8 Å². The first-order valence-electron chi connectivity index (χ1n) is 6.89. The van der Waals surface area contributed by atoms with E-state index in [1.54, 1.807) is 6.26 Å². The molecule has 1 aliphatic rings. The van der Waals surface area contributed by atoms with E-state index in [4.69, 9.17) is 0 Å². The highest BCUT2D eigenvalue weighted by Crippen LogP contribution is 2.26. The van der Waals surface area contributed by atoms with Crippen LogP contribution in [0.1, 0.15) is 29.3 Å². The van der Waals surface area contributed by atoms with E-state index in [0.29, 0.717) is 18.8 Å². The highest BCUT2D eigenvalue weighted by atomic mass is 32.2. The van der Waals surface area contributed by atoms with Crippen molar-refractivity contribution in [3.8, 4) is 0 Å². The maximum absolute atomic E-state index is 12.0. The molecule has 4 nitrogen and oxygen atoms in total. The Labute approximate surface area is 123 Å². The first-order valence-corrected chi connectivity index (χ1v) is 8.62. The summed E-state index contributed by atoms with van der Waals surface area (Å²) in [5.41, 5.74) is 3.54. The summed E-state index contributed by atoms with van der Waals surface area (Å²) in [7, 11) is -0.799. The molecule has 0 aromatic heterocycles. The molecule has 1 N–H and O–H groups in total. The molecule has 0 aliphatic carbocycles. The van der Waals surface area contributed by atoms with Gasteiger partial charge in [-0.3, -0.25) is 14.3 Å². The van der Waals surface area contributed by atoms with Gasteiger partial charge in [-0.15, -0.1) is 0 Å². The first kappa shape index (κ1) is 15.2. The van der Waals surface area contributed by atoms with Crippen molar-refractivity contribution in [2.24, 2.45) is 0 Å². The number of rotatable bonds is 5. The van der Waals surface area contributed by atoms with Crippen LogP contribution in [0.15, 0.2) is 18.2 Å². The summed E-state index contributed by atoms with van der Waals surface area (Å²) in [6, 6.07) is 6.31. The quantitative estimate of drug-likeness (QED) is 0.895. The number of aryl methyl sites for hydroxylation is 2. The lowest BCUT2D eigenvalue weighted by molar-refractivity contribution is -0.128. The standard InChI is InChI=1S/C15H22N2O2S/c1-11-5-6-12(2)13(9-11)15-16-10-14(18)17(15)7-4-8-20(3)19/h5-6,9,15-16H,4,7-8,10H2,1-3H3. The fourth-order valence-electron chi connectivity index (χ4n) is 2.56. The van der Waals surface area contributed by atoms with E-state index in [0.717, 1.165) is 12.0 Å². The zero-order valence-electron chi connectivity index (χ0n) is 12.3. The van der Waals surface area contributed by atoms with Crippen molar-refractivity contribution in [2.75, 3.05) is 25.1 Å². The second-order valence-electron chi connectivity index (χ2n) is 5.36. The predicted octanol–water partition coefficient (Wildman–Crippen LogP) is 1.50. The summed E-state index contributed by atoms with van der Waals surface area (Å²) in [5.74, 6) is 0.765. The highest BCUT2D eigenvalue weighted by Gasteiger charge is 2.31. The molecule has 2 unspecified atom stereocenters. The van der Waals surface area contributed by atoms with E-state index in [-0.39, 0.29) is 12.1 Å². The van der Waals surface area contributed by atoms with Crippen LogP contribution in [-0.4, -0.2) is 40.1 Å². The molecule has 1 saturated heterocycles. The van der Waals surface area contributed by atoms with Gasteiger partial charge in [-0.05, 0) is 31.4 Å². The molecule has 0 spiro atoms. The summed E-state index contributed by atoms with van der Waals surface area (Å²) >= 11 is 0. The maximum Gasteiger partial charge on any atom is 0.238 e. The van der Waals surface area contributed by atoms with E-state index in [1.807, 2.05) is 4.90 Å². The Bertz CT molecular complexity index is 531. The van der Waals surface area contributed by atoms with Crippen molar-refractivity contribution < 1.29 is 9.00 Å². The Morgan fingerprint density at radius 2 is 2.15 bits per heavy atom. The Hall–Kier alpha value is -1.20. The molecule has 0 saturated carbocycles. The number of hydrogen-bond acceptors (Lipinski definition) is 3. The number of carbonyl (C=O) groups excluding carboxylic acids is 1. The Morgan fingerprint density at radius 3 is 2.85 bits per heavy atom. The van der Waals surface area contributed by atoms with E-state index >= 15 is 0 Å². The van der Waals surface area contributed by atoms with Crippen molar-refractivity contribution in [1.82, 2.24) is 10.2 Å². The SMILES string of the molecule is Cc1ccc(C)c(C2NCC(=O)N2CCCS(C)=O)c1. The van der Waals surface area contributed by atoms with Crippen molar-refractivity contribution in [3.05, 3.63) is 34.9 Å². The number of nitrogens with one attached hydrogen (secondary N) is 1. The minimum Gasteiger partial charge on any atom is -0.322 e. The van der Waals surface area contributed by atoms with Gasteiger partial charge in [-0.1, -0.05) is 23.8 Å². The number of amides is 1. The summed E-state index contributed by atoms with van der Waals surface area (Å²) in [6.45, 7) is 5.17.